The molecule has 0 spiro atoms. The van der Waals surface area contributed by atoms with Gasteiger partial charge in [-0.3, -0.25) is 0 Å². The molecule has 0 aromatic carbocycles. The Hall–Kier alpha value is -1.15. The van der Waals surface area contributed by atoms with Gasteiger partial charge in [-0.1, -0.05) is 0 Å². The number of aromatic nitrogens is 1. The van der Waals surface area contributed by atoms with Crippen molar-refractivity contribution in [3.63, 3.8) is 0 Å². The van der Waals surface area contributed by atoms with E-state index in [4.69, 9.17) is 0 Å². The third-order valence-electron chi connectivity index (χ3n) is 3.47. The van der Waals surface area contributed by atoms with Crippen molar-refractivity contribution in [2.75, 3.05) is 6.54 Å². The van der Waals surface area contributed by atoms with Crippen LogP contribution in [0.1, 0.15) is 24.1 Å². The summed E-state index contributed by atoms with van der Waals surface area (Å²) in [6.07, 6.45) is 4.70. The summed E-state index contributed by atoms with van der Waals surface area (Å²) in [5, 5.41) is 7.38. The van der Waals surface area contributed by atoms with Gasteiger partial charge in [-0.05, 0) is 47.7 Å². The predicted octanol–water partition coefficient (Wildman–Crippen LogP) is 1.85. The second-order valence-corrected chi connectivity index (χ2v) is 7.84. The molecule has 1 fully saturated rings. The Morgan fingerprint density at radius 1 is 1.38 bits per heavy atom. The highest BCUT2D eigenvalue weighted by atomic mass is 32.2. The molecule has 7 heteroatoms. The third kappa shape index (κ3) is 4.16. The van der Waals surface area contributed by atoms with E-state index < -0.39 is 10.0 Å². The summed E-state index contributed by atoms with van der Waals surface area (Å²) < 4.78 is 27.0. The van der Waals surface area contributed by atoms with Gasteiger partial charge in [0.2, 0.25) is 10.0 Å². The Balaban J connectivity index is 1.53. The normalized spacial score (nSPS) is 15.4. The van der Waals surface area contributed by atoms with E-state index in [2.05, 4.69) is 15.0 Å². The van der Waals surface area contributed by atoms with Crippen molar-refractivity contribution in [2.24, 2.45) is 0 Å². The maximum atomic E-state index is 12.2. The van der Waals surface area contributed by atoms with Gasteiger partial charge in [-0.15, -0.1) is 0 Å². The SMILES string of the molecule is O=S(=O)(NCCc1ccsc1)c1c[nH]c(CNC2CC2)c1. The van der Waals surface area contributed by atoms with Gasteiger partial charge in [0.15, 0.2) is 0 Å². The number of aromatic amines is 1. The molecule has 5 nitrogen and oxygen atoms in total. The van der Waals surface area contributed by atoms with Crippen molar-refractivity contribution in [3.05, 3.63) is 40.3 Å². The summed E-state index contributed by atoms with van der Waals surface area (Å²) >= 11 is 1.62. The van der Waals surface area contributed by atoms with E-state index in [1.54, 1.807) is 23.6 Å². The zero-order chi connectivity index (χ0) is 14.7. The molecule has 0 radical (unpaired) electrons. The Labute approximate surface area is 128 Å². The molecule has 1 saturated carbocycles. The molecule has 3 N–H and O–H groups in total. The number of thiophene rings is 1. The van der Waals surface area contributed by atoms with Gasteiger partial charge >= 0.3 is 0 Å². The fourth-order valence-corrected chi connectivity index (χ4v) is 3.82. The largest absolute Gasteiger partial charge is 0.363 e. The van der Waals surface area contributed by atoms with E-state index in [0.29, 0.717) is 30.4 Å². The number of sulfonamides is 1. The van der Waals surface area contributed by atoms with Gasteiger partial charge in [0, 0.05) is 31.0 Å². The van der Waals surface area contributed by atoms with Crippen LogP contribution in [0.4, 0.5) is 0 Å². The summed E-state index contributed by atoms with van der Waals surface area (Å²) in [5.41, 5.74) is 2.06. The molecular weight excluding hydrogens is 306 g/mol. The second-order valence-electron chi connectivity index (χ2n) is 5.30. The molecule has 0 amide bonds. The molecule has 1 aliphatic rings. The van der Waals surface area contributed by atoms with Gasteiger partial charge in [-0.25, -0.2) is 13.1 Å². The van der Waals surface area contributed by atoms with E-state index in [1.165, 1.54) is 12.8 Å². The van der Waals surface area contributed by atoms with Crippen LogP contribution in [-0.4, -0.2) is 26.0 Å². The van der Waals surface area contributed by atoms with Gasteiger partial charge < -0.3 is 10.3 Å². The Morgan fingerprint density at radius 2 is 2.24 bits per heavy atom. The summed E-state index contributed by atoms with van der Waals surface area (Å²) in [4.78, 5) is 3.32. The highest BCUT2D eigenvalue weighted by molar-refractivity contribution is 7.89. The summed E-state index contributed by atoms with van der Waals surface area (Å²) in [7, 11) is -3.42. The van der Waals surface area contributed by atoms with Crippen LogP contribution in [0.2, 0.25) is 0 Å². The van der Waals surface area contributed by atoms with Crippen LogP contribution in [0.3, 0.4) is 0 Å². The molecule has 2 heterocycles. The zero-order valence-electron chi connectivity index (χ0n) is 11.6. The fourth-order valence-electron chi connectivity index (χ4n) is 2.07. The standard InChI is InChI=1S/C14H19N3O2S2/c18-21(19,17-5-3-11-4-6-20-10-11)14-7-13(16-9-14)8-15-12-1-2-12/h4,6-7,9-10,12,15-17H,1-3,5,8H2. The summed E-state index contributed by atoms with van der Waals surface area (Å²) in [6, 6.07) is 4.32. The maximum absolute atomic E-state index is 12.2. The van der Waals surface area contributed by atoms with Crippen molar-refractivity contribution in [2.45, 2.75) is 36.7 Å². The molecule has 2 aromatic rings. The number of hydrogen-bond acceptors (Lipinski definition) is 4. The van der Waals surface area contributed by atoms with E-state index in [9.17, 15) is 8.42 Å². The van der Waals surface area contributed by atoms with Crippen LogP contribution in [0.5, 0.6) is 0 Å². The van der Waals surface area contributed by atoms with Crippen LogP contribution in [0.15, 0.2) is 34.0 Å². The molecule has 21 heavy (non-hydrogen) atoms. The molecule has 0 atom stereocenters. The summed E-state index contributed by atoms with van der Waals surface area (Å²) in [5.74, 6) is 0. The second kappa shape index (κ2) is 6.31. The molecule has 0 bridgehead atoms. The van der Waals surface area contributed by atoms with Crippen molar-refractivity contribution in [1.29, 1.82) is 0 Å². The van der Waals surface area contributed by atoms with E-state index in [-0.39, 0.29) is 0 Å². The molecule has 114 valence electrons. The molecule has 0 saturated heterocycles. The zero-order valence-corrected chi connectivity index (χ0v) is 13.3. The highest BCUT2D eigenvalue weighted by Crippen LogP contribution is 2.19. The van der Waals surface area contributed by atoms with Gasteiger partial charge in [0.25, 0.3) is 0 Å². The Kier molecular flexibility index (Phi) is 4.44. The third-order valence-corrected chi connectivity index (χ3v) is 5.64. The van der Waals surface area contributed by atoms with Crippen LogP contribution in [-0.2, 0) is 23.0 Å². The van der Waals surface area contributed by atoms with Crippen molar-refractivity contribution in [1.82, 2.24) is 15.0 Å². The molecule has 0 unspecified atom stereocenters. The average molecular weight is 325 g/mol. The molecule has 0 aliphatic heterocycles. The molecule has 1 aliphatic carbocycles. The Bertz CT molecular complexity index is 673. The Morgan fingerprint density at radius 3 is 2.95 bits per heavy atom. The van der Waals surface area contributed by atoms with Crippen molar-refractivity contribution >= 4 is 21.4 Å². The van der Waals surface area contributed by atoms with Crippen LogP contribution < -0.4 is 10.0 Å². The first kappa shape index (κ1) is 14.8. The minimum Gasteiger partial charge on any atom is -0.363 e. The van der Waals surface area contributed by atoms with Crippen molar-refractivity contribution < 1.29 is 8.42 Å². The fraction of sp³-hybridized carbons (Fsp3) is 0.429. The smallest absolute Gasteiger partial charge is 0.242 e. The van der Waals surface area contributed by atoms with Crippen LogP contribution >= 0.6 is 11.3 Å². The van der Waals surface area contributed by atoms with Gasteiger partial charge in [0.1, 0.15) is 0 Å². The summed E-state index contributed by atoms with van der Waals surface area (Å²) in [6.45, 7) is 1.11. The average Bonchev–Trinajstić information content (AvgIpc) is 2.93. The molecular formula is C14H19N3O2S2. The minimum atomic E-state index is -3.42. The minimum absolute atomic E-state index is 0.306. The number of H-pyrrole nitrogens is 1. The van der Waals surface area contributed by atoms with Gasteiger partial charge in [-0.2, -0.15) is 11.3 Å². The lowest BCUT2D eigenvalue weighted by molar-refractivity contribution is 0.582. The molecule has 3 rings (SSSR count). The van der Waals surface area contributed by atoms with Crippen LogP contribution in [0.25, 0.3) is 0 Å². The van der Waals surface area contributed by atoms with E-state index in [0.717, 1.165) is 11.3 Å². The monoisotopic (exact) mass is 325 g/mol. The lowest BCUT2D eigenvalue weighted by Gasteiger charge is -2.03. The predicted molar refractivity (Wildman–Crippen MR) is 83.9 cm³/mol. The van der Waals surface area contributed by atoms with Crippen molar-refractivity contribution in [3.8, 4) is 0 Å². The van der Waals surface area contributed by atoms with E-state index >= 15 is 0 Å². The van der Waals surface area contributed by atoms with Gasteiger partial charge in [0.05, 0.1) is 4.90 Å². The highest BCUT2D eigenvalue weighted by Gasteiger charge is 2.21. The number of rotatable bonds is 8. The topological polar surface area (TPSA) is 74.0 Å². The first-order valence-electron chi connectivity index (χ1n) is 7.05. The maximum Gasteiger partial charge on any atom is 0.242 e. The first-order valence-corrected chi connectivity index (χ1v) is 9.47. The lowest BCUT2D eigenvalue weighted by atomic mass is 10.2. The lowest BCUT2D eigenvalue weighted by Crippen LogP contribution is -2.25. The quantitative estimate of drug-likeness (QED) is 0.693. The number of nitrogens with one attached hydrogen (secondary N) is 3. The first-order chi connectivity index (χ1) is 10.1. The van der Waals surface area contributed by atoms with E-state index in [1.807, 2.05) is 16.8 Å². The van der Waals surface area contributed by atoms with Crippen LogP contribution in [0, 0.1) is 0 Å². The number of hydrogen-bond donors (Lipinski definition) is 3. The molecule has 2 aromatic heterocycles.